The highest BCUT2D eigenvalue weighted by molar-refractivity contribution is 6.21. The lowest BCUT2D eigenvalue weighted by Crippen LogP contribution is -2.29. The largest absolute Gasteiger partial charge is 0.270 e. The maximum atomic E-state index is 12.6. The second-order valence-electron chi connectivity index (χ2n) is 7.53. The van der Waals surface area contributed by atoms with Crippen LogP contribution >= 0.6 is 0 Å². The second kappa shape index (κ2) is 5.90. The molecule has 2 aliphatic heterocycles. The van der Waals surface area contributed by atoms with Gasteiger partial charge in [0.15, 0.2) is 0 Å². The molecule has 0 N–H and O–H groups in total. The van der Waals surface area contributed by atoms with Crippen molar-refractivity contribution in [1.29, 1.82) is 0 Å². The molecule has 0 aliphatic carbocycles. The zero-order valence-corrected chi connectivity index (χ0v) is 15.4. The normalized spacial score (nSPS) is 17.3. The third kappa shape index (κ3) is 2.40. The average Bonchev–Trinajstić information content (AvgIpc) is 3.02. The van der Waals surface area contributed by atoms with Crippen LogP contribution in [-0.4, -0.2) is 22.4 Å². The highest BCUT2D eigenvalue weighted by Gasteiger charge is 2.37. The predicted octanol–water partition coefficient (Wildman–Crippen LogP) is 4.65. The van der Waals surface area contributed by atoms with Crippen LogP contribution in [0.2, 0.25) is 0 Å². The Balaban J connectivity index is 1.63. The summed E-state index contributed by atoms with van der Waals surface area (Å²) in [4.78, 5) is 31.3. The number of hydrogen-bond donors (Lipinski definition) is 0. The van der Waals surface area contributed by atoms with E-state index in [4.69, 9.17) is 4.99 Å². The summed E-state index contributed by atoms with van der Waals surface area (Å²) in [7, 11) is 0. The summed E-state index contributed by atoms with van der Waals surface area (Å²) < 4.78 is 0. The van der Waals surface area contributed by atoms with Gasteiger partial charge in [0.05, 0.1) is 23.4 Å². The van der Waals surface area contributed by atoms with E-state index in [2.05, 4.69) is 26.8 Å². The Kier molecular flexibility index (Phi) is 3.79. The topological polar surface area (TPSA) is 49.7 Å². The van der Waals surface area contributed by atoms with Crippen molar-refractivity contribution in [2.24, 2.45) is 4.99 Å². The quantitative estimate of drug-likeness (QED) is 0.757. The monoisotopic (exact) mass is 346 g/mol. The maximum absolute atomic E-state index is 12.6. The van der Waals surface area contributed by atoms with Crippen LogP contribution in [0.5, 0.6) is 0 Å². The molecule has 2 aliphatic rings. The lowest BCUT2D eigenvalue weighted by molar-refractivity contribution is 0.0642. The third-order valence-electron chi connectivity index (χ3n) is 5.42. The highest BCUT2D eigenvalue weighted by atomic mass is 16.2. The Labute approximate surface area is 153 Å². The van der Waals surface area contributed by atoms with Crippen LogP contribution in [0.1, 0.15) is 65.5 Å². The van der Waals surface area contributed by atoms with E-state index in [9.17, 15) is 9.59 Å². The van der Waals surface area contributed by atoms with E-state index in [0.717, 1.165) is 24.1 Å². The smallest absolute Gasteiger partial charge is 0.261 e. The molecule has 26 heavy (non-hydrogen) atoms. The van der Waals surface area contributed by atoms with Crippen LogP contribution in [0, 0.1) is 0 Å². The first-order valence-electron chi connectivity index (χ1n) is 9.10. The van der Waals surface area contributed by atoms with Gasteiger partial charge in [-0.2, -0.15) is 0 Å². The van der Waals surface area contributed by atoms with Gasteiger partial charge in [-0.15, -0.1) is 0 Å². The minimum absolute atomic E-state index is 0.108. The van der Waals surface area contributed by atoms with Gasteiger partial charge in [-0.25, -0.2) is 0 Å². The number of nitrogens with zero attached hydrogens (tertiary/aromatic N) is 2. The second-order valence-corrected chi connectivity index (χ2v) is 7.53. The molecule has 0 unspecified atom stereocenters. The number of amides is 2. The van der Waals surface area contributed by atoms with Crippen molar-refractivity contribution in [3.05, 3.63) is 64.7 Å². The molecule has 0 saturated heterocycles. The molecule has 4 heteroatoms. The van der Waals surface area contributed by atoms with Gasteiger partial charge in [-0.05, 0) is 35.7 Å². The number of carbonyl (C=O) groups is 2. The Bertz CT molecular complexity index is 921. The first-order valence-corrected chi connectivity index (χ1v) is 9.10. The third-order valence-corrected chi connectivity index (χ3v) is 5.42. The molecule has 0 saturated carbocycles. The van der Waals surface area contributed by atoms with E-state index in [-0.39, 0.29) is 17.2 Å². The number of benzene rings is 2. The van der Waals surface area contributed by atoms with Crippen molar-refractivity contribution in [2.75, 3.05) is 0 Å². The maximum Gasteiger partial charge on any atom is 0.261 e. The zero-order valence-electron chi connectivity index (χ0n) is 15.4. The minimum Gasteiger partial charge on any atom is -0.270 e. The van der Waals surface area contributed by atoms with Crippen molar-refractivity contribution in [2.45, 2.75) is 45.6 Å². The number of carbonyl (C=O) groups excluding carboxylic acids is 2. The molecule has 4 rings (SSSR count). The molecule has 132 valence electrons. The van der Waals surface area contributed by atoms with Gasteiger partial charge < -0.3 is 0 Å². The Morgan fingerprint density at radius 1 is 1.00 bits per heavy atom. The Morgan fingerprint density at radius 3 is 2.27 bits per heavy atom. The summed E-state index contributed by atoms with van der Waals surface area (Å²) in [5.41, 5.74) is 5.22. The van der Waals surface area contributed by atoms with Crippen molar-refractivity contribution in [3.8, 4) is 0 Å². The van der Waals surface area contributed by atoms with Crippen LogP contribution in [-0.2, 0) is 12.0 Å². The summed E-state index contributed by atoms with van der Waals surface area (Å²) in [6.45, 7) is 6.84. The SMILES string of the molecule is CCCC1=Nc2ccc(CN3C(=O)c4ccccc4C3=O)cc2C1(C)C. The lowest BCUT2D eigenvalue weighted by Gasteiger charge is -2.23. The van der Waals surface area contributed by atoms with Gasteiger partial charge in [0.2, 0.25) is 0 Å². The fourth-order valence-corrected chi connectivity index (χ4v) is 3.89. The number of imide groups is 1. The van der Waals surface area contributed by atoms with Gasteiger partial charge in [-0.1, -0.05) is 51.5 Å². The number of aliphatic imine (C=N–C) groups is 1. The van der Waals surface area contributed by atoms with Crippen LogP contribution < -0.4 is 0 Å². The molecule has 4 nitrogen and oxygen atoms in total. The summed E-state index contributed by atoms with van der Waals surface area (Å²) in [6, 6.07) is 13.1. The summed E-state index contributed by atoms with van der Waals surface area (Å²) in [5.74, 6) is -0.429. The molecular formula is C22H22N2O2. The van der Waals surface area contributed by atoms with E-state index < -0.39 is 0 Å². The molecule has 0 aromatic heterocycles. The molecule has 2 amide bonds. The molecule has 2 heterocycles. The lowest BCUT2D eigenvalue weighted by atomic mass is 9.79. The number of rotatable bonds is 4. The molecule has 0 bridgehead atoms. The highest BCUT2D eigenvalue weighted by Crippen LogP contribution is 2.42. The Hall–Kier alpha value is -2.75. The van der Waals surface area contributed by atoms with E-state index in [0.29, 0.717) is 17.7 Å². The average molecular weight is 346 g/mol. The van der Waals surface area contributed by atoms with Crippen LogP contribution in [0.3, 0.4) is 0 Å². The molecule has 2 aromatic carbocycles. The first-order chi connectivity index (χ1) is 12.4. The van der Waals surface area contributed by atoms with Crippen LogP contribution in [0.25, 0.3) is 0 Å². The van der Waals surface area contributed by atoms with Crippen molar-refractivity contribution < 1.29 is 9.59 Å². The minimum atomic E-state index is -0.215. The summed E-state index contributed by atoms with van der Waals surface area (Å²) >= 11 is 0. The van der Waals surface area contributed by atoms with Crippen molar-refractivity contribution in [1.82, 2.24) is 4.90 Å². The Morgan fingerprint density at radius 2 is 1.65 bits per heavy atom. The van der Waals surface area contributed by atoms with Crippen LogP contribution in [0.4, 0.5) is 5.69 Å². The fraction of sp³-hybridized carbons (Fsp3) is 0.318. The van der Waals surface area contributed by atoms with Crippen LogP contribution in [0.15, 0.2) is 47.5 Å². The van der Waals surface area contributed by atoms with Gasteiger partial charge in [-0.3, -0.25) is 19.5 Å². The molecular weight excluding hydrogens is 324 g/mol. The zero-order chi connectivity index (χ0) is 18.5. The standard InChI is InChI=1S/C22H22N2O2/c1-4-7-19-22(2,3)17-12-14(10-11-18(17)23-19)13-24-20(25)15-8-5-6-9-16(15)21(24)26/h5-6,8-12H,4,7,13H2,1-3H3. The van der Waals surface area contributed by atoms with Gasteiger partial charge >= 0.3 is 0 Å². The fourth-order valence-electron chi connectivity index (χ4n) is 3.89. The molecule has 0 fully saturated rings. The molecule has 0 spiro atoms. The number of hydrogen-bond acceptors (Lipinski definition) is 3. The first kappa shape index (κ1) is 16.7. The van der Waals surface area contributed by atoms with E-state index in [1.54, 1.807) is 24.3 Å². The molecule has 0 radical (unpaired) electrons. The molecule has 2 aromatic rings. The van der Waals surface area contributed by atoms with Gasteiger partial charge in [0.25, 0.3) is 11.8 Å². The number of fused-ring (bicyclic) bond motifs is 2. The van der Waals surface area contributed by atoms with E-state index in [1.807, 2.05) is 12.1 Å². The van der Waals surface area contributed by atoms with E-state index in [1.165, 1.54) is 16.2 Å². The van der Waals surface area contributed by atoms with E-state index >= 15 is 0 Å². The van der Waals surface area contributed by atoms with Gasteiger partial charge in [0.1, 0.15) is 0 Å². The summed E-state index contributed by atoms with van der Waals surface area (Å²) in [5, 5.41) is 0. The van der Waals surface area contributed by atoms with Crippen molar-refractivity contribution >= 4 is 23.2 Å². The van der Waals surface area contributed by atoms with Gasteiger partial charge in [0, 0.05) is 11.1 Å². The van der Waals surface area contributed by atoms with Crippen molar-refractivity contribution in [3.63, 3.8) is 0 Å². The predicted molar refractivity (Wildman–Crippen MR) is 102 cm³/mol. The molecule has 0 atom stereocenters. The summed E-state index contributed by atoms with van der Waals surface area (Å²) in [6.07, 6.45) is 2.05.